The van der Waals surface area contributed by atoms with Crippen LogP contribution in [0.5, 0.6) is 0 Å². The van der Waals surface area contributed by atoms with Crippen LogP contribution in [0.25, 0.3) is 0 Å². The molecule has 0 saturated carbocycles. The number of carboxylic acid groups (broad SMARTS) is 1. The summed E-state index contributed by atoms with van der Waals surface area (Å²) in [5, 5.41) is 14.9. The highest BCUT2D eigenvalue weighted by molar-refractivity contribution is 7.08. The zero-order chi connectivity index (χ0) is 12.3. The quantitative estimate of drug-likeness (QED) is 0.879. The molecule has 0 bridgehead atoms. The molecule has 2 N–H and O–H groups in total. The third-order valence-electron chi connectivity index (χ3n) is 2.33. The molecule has 88 valence electrons. The Bertz CT molecular complexity index is 513. The molecule has 2 rings (SSSR count). The fourth-order valence-corrected chi connectivity index (χ4v) is 2.29. The minimum absolute atomic E-state index is 0.380. The second-order valence-corrected chi connectivity index (χ2v) is 4.27. The Labute approximate surface area is 102 Å². The van der Waals surface area contributed by atoms with Crippen molar-refractivity contribution in [2.45, 2.75) is 6.04 Å². The minimum Gasteiger partial charge on any atom is -0.465 e. The molecule has 0 aliphatic heterocycles. The Hall–Kier alpha value is -1.88. The summed E-state index contributed by atoms with van der Waals surface area (Å²) in [6.07, 6.45) is -1.13. The molecule has 1 unspecified atom stereocenters. The van der Waals surface area contributed by atoms with E-state index in [0.29, 0.717) is 5.56 Å². The molecule has 5 heteroatoms. The van der Waals surface area contributed by atoms with Gasteiger partial charge in [0.15, 0.2) is 0 Å². The van der Waals surface area contributed by atoms with Crippen LogP contribution in [0, 0.1) is 5.82 Å². The van der Waals surface area contributed by atoms with Crippen LogP contribution in [-0.2, 0) is 0 Å². The molecule has 1 amide bonds. The van der Waals surface area contributed by atoms with Gasteiger partial charge in [0.05, 0.1) is 6.04 Å². The summed E-state index contributed by atoms with van der Waals surface area (Å²) in [4.78, 5) is 10.8. The second kappa shape index (κ2) is 4.97. The largest absolute Gasteiger partial charge is 0.465 e. The predicted octanol–water partition coefficient (Wildman–Crippen LogP) is 3.24. The Kier molecular flexibility index (Phi) is 3.39. The van der Waals surface area contributed by atoms with Crippen molar-refractivity contribution in [2.24, 2.45) is 0 Å². The molecule has 1 aromatic heterocycles. The van der Waals surface area contributed by atoms with Gasteiger partial charge in [0.1, 0.15) is 5.82 Å². The lowest BCUT2D eigenvalue weighted by molar-refractivity contribution is 0.191. The zero-order valence-electron chi connectivity index (χ0n) is 8.76. The Morgan fingerprint density at radius 3 is 2.76 bits per heavy atom. The summed E-state index contributed by atoms with van der Waals surface area (Å²) in [5.74, 6) is -0.380. The number of rotatable bonds is 3. The van der Waals surface area contributed by atoms with Gasteiger partial charge >= 0.3 is 6.09 Å². The molecule has 3 nitrogen and oxygen atoms in total. The maximum Gasteiger partial charge on any atom is 0.405 e. The van der Waals surface area contributed by atoms with E-state index in [-0.39, 0.29) is 5.82 Å². The van der Waals surface area contributed by atoms with Crippen molar-refractivity contribution in [3.8, 4) is 0 Å². The minimum atomic E-state index is -1.13. The van der Waals surface area contributed by atoms with Gasteiger partial charge in [-0.1, -0.05) is 12.1 Å². The lowest BCUT2D eigenvalue weighted by Gasteiger charge is -2.16. The van der Waals surface area contributed by atoms with Crippen molar-refractivity contribution in [1.29, 1.82) is 0 Å². The average Bonchev–Trinajstić information content (AvgIpc) is 2.79. The van der Waals surface area contributed by atoms with Gasteiger partial charge in [-0.25, -0.2) is 9.18 Å². The van der Waals surface area contributed by atoms with Crippen molar-refractivity contribution in [1.82, 2.24) is 5.32 Å². The fourth-order valence-electron chi connectivity index (χ4n) is 1.61. The average molecular weight is 251 g/mol. The summed E-state index contributed by atoms with van der Waals surface area (Å²) >= 11 is 1.47. The molecule has 17 heavy (non-hydrogen) atoms. The van der Waals surface area contributed by atoms with Gasteiger partial charge in [-0.3, -0.25) is 0 Å². The van der Waals surface area contributed by atoms with Crippen LogP contribution < -0.4 is 5.32 Å². The number of carbonyl (C=O) groups is 1. The molecule has 0 spiro atoms. The van der Waals surface area contributed by atoms with Crippen LogP contribution >= 0.6 is 11.3 Å². The number of thiophene rings is 1. The Morgan fingerprint density at radius 1 is 1.35 bits per heavy atom. The summed E-state index contributed by atoms with van der Waals surface area (Å²) in [6, 6.07) is 7.20. The first kappa shape index (κ1) is 11.6. The van der Waals surface area contributed by atoms with Crippen molar-refractivity contribution >= 4 is 17.4 Å². The van der Waals surface area contributed by atoms with E-state index in [2.05, 4.69) is 5.32 Å². The van der Waals surface area contributed by atoms with Crippen LogP contribution in [0.15, 0.2) is 41.1 Å². The van der Waals surface area contributed by atoms with Crippen LogP contribution in [0.3, 0.4) is 0 Å². The SMILES string of the molecule is O=C(O)NC(c1ccsc1)c1cccc(F)c1. The third-order valence-corrected chi connectivity index (χ3v) is 3.03. The number of amides is 1. The van der Waals surface area contributed by atoms with E-state index in [1.807, 2.05) is 16.8 Å². The van der Waals surface area contributed by atoms with Gasteiger partial charge in [-0.2, -0.15) is 11.3 Å². The molecule has 2 aromatic rings. The summed E-state index contributed by atoms with van der Waals surface area (Å²) in [7, 11) is 0. The van der Waals surface area contributed by atoms with Gasteiger partial charge < -0.3 is 10.4 Å². The molecule has 0 fully saturated rings. The van der Waals surface area contributed by atoms with Crippen LogP contribution in [0.1, 0.15) is 17.2 Å². The number of halogens is 1. The molecule has 0 radical (unpaired) electrons. The topological polar surface area (TPSA) is 49.3 Å². The predicted molar refractivity (Wildman–Crippen MR) is 63.7 cm³/mol. The van der Waals surface area contributed by atoms with Crippen molar-refractivity contribution in [3.05, 3.63) is 58.0 Å². The number of hydrogen-bond donors (Lipinski definition) is 2. The first-order valence-corrected chi connectivity index (χ1v) is 5.88. The van der Waals surface area contributed by atoms with Gasteiger partial charge in [-0.05, 0) is 40.1 Å². The van der Waals surface area contributed by atoms with Crippen molar-refractivity contribution in [3.63, 3.8) is 0 Å². The normalized spacial score (nSPS) is 12.1. The molecular formula is C12H10FNO2S. The van der Waals surface area contributed by atoms with Crippen LogP contribution in [0.4, 0.5) is 9.18 Å². The molecule has 1 heterocycles. The molecule has 1 atom stereocenters. The first-order valence-electron chi connectivity index (χ1n) is 4.94. The lowest BCUT2D eigenvalue weighted by atomic mass is 10.0. The monoisotopic (exact) mass is 251 g/mol. The van der Waals surface area contributed by atoms with Crippen molar-refractivity contribution in [2.75, 3.05) is 0 Å². The summed E-state index contributed by atoms with van der Waals surface area (Å²) < 4.78 is 13.1. The van der Waals surface area contributed by atoms with Crippen LogP contribution in [-0.4, -0.2) is 11.2 Å². The van der Waals surface area contributed by atoms with E-state index < -0.39 is 12.1 Å². The number of nitrogens with one attached hydrogen (secondary N) is 1. The van der Waals surface area contributed by atoms with Gasteiger partial charge in [0, 0.05) is 0 Å². The maximum atomic E-state index is 13.1. The highest BCUT2D eigenvalue weighted by atomic mass is 32.1. The maximum absolute atomic E-state index is 13.1. The molecule has 0 aliphatic rings. The zero-order valence-corrected chi connectivity index (χ0v) is 9.58. The van der Waals surface area contributed by atoms with E-state index in [1.54, 1.807) is 12.1 Å². The van der Waals surface area contributed by atoms with Crippen molar-refractivity contribution < 1.29 is 14.3 Å². The second-order valence-electron chi connectivity index (χ2n) is 3.49. The van der Waals surface area contributed by atoms with E-state index in [4.69, 9.17) is 5.11 Å². The van der Waals surface area contributed by atoms with Gasteiger partial charge in [0.2, 0.25) is 0 Å². The summed E-state index contributed by atoms with van der Waals surface area (Å²) in [5.41, 5.74) is 1.40. The standard InChI is InChI=1S/C12H10FNO2S/c13-10-3-1-2-8(6-10)11(14-12(15)16)9-4-5-17-7-9/h1-7,11,14H,(H,15,16). The van der Waals surface area contributed by atoms with Gasteiger partial charge in [0.25, 0.3) is 0 Å². The molecule has 1 aromatic carbocycles. The summed E-state index contributed by atoms with van der Waals surface area (Å²) in [6.45, 7) is 0. The van der Waals surface area contributed by atoms with Crippen LogP contribution in [0.2, 0.25) is 0 Å². The first-order chi connectivity index (χ1) is 8.16. The van der Waals surface area contributed by atoms with E-state index in [9.17, 15) is 9.18 Å². The van der Waals surface area contributed by atoms with Gasteiger partial charge in [-0.15, -0.1) is 0 Å². The molecule has 0 saturated heterocycles. The van der Waals surface area contributed by atoms with E-state index in [1.165, 1.54) is 23.5 Å². The third kappa shape index (κ3) is 2.82. The lowest BCUT2D eigenvalue weighted by Crippen LogP contribution is -2.27. The highest BCUT2D eigenvalue weighted by Crippen LogP contribution is 2.24. The fraction of sp³-hybridized carbons (Fsp3) is 0.0833. The smallest absolute Gasteiger partial charge is 0.405 e. The van der Waals surface area contributed by atoms with E-state index >= 15 is 0 Å². The number of benzene rings is 1. The van der Waals surface area contributed by atoms with E-state index in [0.717, 1.165) is 5.56 Å². The Morgan fingerprint density at radius 2 is 2.18 bits per heavy atom. The molecular weight excluding hydrogens is 241 g/mol. The highest BCUT2D eigenvalue weighted by Gasteiger charge is 2.17. The number of hydrogen-bond acceptors (Lipinski definition) is 2. The molecule has 0 aliphatic carbocycles. The Balaban J connectivity index is 2.36.